The van der Waals surface area contributed by atoms with Gasteiger partial charge in [0.1, 0.15) is 18.0 Å². The lowest BCUT2D eigenvalue weighted by Crippen LogP contribution is -2.41. The first-order valence-corrected chi connectivity index (χ1v) is 12.0. The summed E-state index contributed by atoms with van der Waals surface area (Å²) in [6.45, 7) is 8.06. The maximum Gasteiger partial charge on any atom is 0.164 e. The largest absolute Gasteiger partial charge is 0.316 e. The number of aromatic nitrogens is 2. The average Bonchev–Trinajstić information content (AvgIpc) is 3.00. The Morgan fingerprint density at radius 3 is 2.57 bits per heavy atom. The highest BCUT2D eigenvalue weighted by Crippen LogP contribution is 2.57. The van der Waals surface area contributed by atoms with E-state index in [2.05, 4.69) is 29.7 Å². The Bertz CT molecular complexity index is 1000. The molecule has 0 saturated carbocycles. The molecule has 0 saturated heterocycles. The van der Waals surface area contributed by atoms with Crippen molar-refractivity contribution in [3.63, 3.8) is 0 Å². The fourth-order valence-electron chi connectivity index (χ4n) is 3.59. The number of halogens is 1. The number of hydrogen-bond donors (Lipinski definition) is 0. The second-order valence-electron chi connectivity index (χ2n) is 6.51. The SMILES string of the molecule is CCN(CC)[P@@]1(=S)c2c(C)nn(CCC#N)c2N=C(c2ccccc2F)N1C. The second-order valence-corrected chi connectivity index (χ2v) is 10.7. The monoisotopic (exact) mass is 418 g/mol. The Hall–Kier alpha value is -2.07. The van der Waals surface area contributed by atoms with Gasteiger partial charge < -0.3 is 4.67 Å². The van der Waals surface area contributed by atoms with Crippen molar-refractivity contribution in [3.05, 3.63) is 41.3 Å². The Kier molecular flexibility index (Phi) is 5.99. The van der Waals surface area contributed by atoms with E-state index in [1.54, 1.807) is 22.9 Å². The molecule has 6 nitrogen and oxygen atoms in total. The minimum atomic E-state index is -2.46. The highest BCUT2D eigenvalue weighted by atomic mass is 32.4. The van der Waals surface area contributed by atoms with Crippen molar-refractivity contribution in [2.75, 3.05) is 20.1 Å². The summed E-state index contributed by atoms with van der Waals surface area (Å²) >= 11 is 6.33. The molecule has 2 heterocycles. The molecule has 2 aromatic rings. The van der Waals surface area contributed by atoms with E-state index in [0.29, 0.717) is 30.2 Å². The molecule has 0 unspecified atom stereocenters. The van der Waals surface area contributed by atoms with E-state index in [9.17, 15) is 4.39 Å². The van der Waals surface area contributed by atoms with E-state index < -0.39 is 6.34 Å². The summed E-state index contributed by atoms with van der Waals surface area (Å²) in [6, 6.07) is 8.76. The number of nitriles is 1. The number of amidine groups is 1. The minimum absolute atomic E-state index is 0.322. The summed E-state index contributed by atoms with van der Waals surface area (Å²) in [5.41, 5.74) is 1.24. The van der Waals surface area contributed by atoms with Crippen LogP contribution in [-0.4, -0.2) is 45.1 Å². The van der Waals surface area contributed by atoms with Gasteiger partial charge in [-0.3, -0.25) is 4.67 Å². The number of hydrogen-bond acceptors (Lipinski definition) is 4. The summed E-state index contributed by atoms with van der Waals surface area (Å²) in [5, 5.41) is 14.6. The molecule has 1 aromatic carbocycles. The molecule has 28 heavy (non-hydrogen) atoms. The van der Waals surface area contributed by atoms with Gasteiger partial charge in [-0.25, -0.2) is 14.1 Å². The molecule has 0 fully saturated rings. The van der Waals surface area contributed by atoms with Crippen LogP contribution in [0.2, 0.25) is 0 Å². The van der Waals surface area contributed by atoms with Crippen LogP contribution in [0.4, 0.5) is 10.2 Å². The van der Waals surface area contributed by atoms with Gasteiger partial charge in [0.2, 0.25) is 0 Å². The topological polar surface area (TPSA) is 60.5 Å². The lowest BCUT2D eigenvalue weighted by molar-refractivity contribution is 0.486. The van der Waals surface area contributed by atoms with Crippen LogP contribution in [0.5, 0.6) is 0 Å². The van der Waals surface area contributed by atoms with Crippen LogP contribution >= 0.6 is 6.34 Å². The smallest absolute Gasteiger partial charge is 0.164 e. The van der Waals surface area contributed by atoms with Gasteiger partial charge in [-0.2, -0.15) is 10.4 Å². The van der Waals surface area contributed by atoms with Crippen LogP contribution in [0.15, 0.2) is 29.3 Å². The Labute approximate surface area is 170 Å². The molecule has 0 aliphatic carbocycles. The summed E-state index contributed by atoms with van der Waals surface area (Å²) in [7, 11) is 1.90. The maximum absolute atomic E-state index is 14.6. The van der Waals surface area contributed by atoms with E-state index in [1.165, 1.54) is 6.07 Å². The molecule has 0 N–H and O–H groups in total. The number of benzene rings is 1. The number of fused-ring (bicyclic) bond motifs is 1. The average molecular weight is 418 g/mol. The molecule has 1 aliphatic heterocycles. The predicted molar refractivity (Wildman–Crippen MR) is 114 cm³/mol. The van der Waals surface area contributed by atoms with Crippen molar-refractivity contribution in [2.45, 2.75) is 33.7 Å². The van der Waals surface area contributed by atoms with Gasteiger partial charge in [0.05, 0.1) is 35.6 Å². The zero-order chi connectivity index (χ0) is 20.5. The zero-order valence-electron chi connectivity index (χ0n) is 16.6. The van der Waals surface area contributed by atoms with Gasteiger partial charge in [0.15, 0.2) is 5.82 Å². The van der Waals surface area contributed by atoms with Crippen LogP contribution in [0.25, 0.3) is 0 Å². The molecule has 0 amide bonds. The predicted octanol–water partition coefficient (Wildman–Crippen LogP) is 3.54. The van der Waals surface area contributed by atoms with E-state index >= 15 is 0 Å². The Balaban J connectivity index is 2.32. The first-order chi connectivity index (χ1) is 13.4. The summed E-state index contributed by atoms with van der Waals surface area (Å²) in [4.78, 5) is 4.81. The Morgan fingerprint density at radius 1 is 1.29 bits per heavy atom. The quantitative estimate of drug-likeness (QED) is 0.672. The van der Waals surface area contributed by atoms with Crippen molar-refractivity contribution >= 4 is 35.1 Å². The van der Waals surface area contributed by atoms with E-state index in [0.717, 1.165) is 24.1 Å². The summed E-state index contributed by atoms with van der Waals surface area (Å²) < 4.78 is 20.6. The molecule has 1 aromatic heterocycles. The lowest BCUT2D eigenvalue weighted by Gasteiger charge is -2.43. The van der Waals surface area contributed by atoms with Crippen molar-refractivity contribution in [3.8, 4) is 6.07 Å². The van der Waals surface area contributed by atoms with E-state index in [4.69, 9.17) is 22.1 Å². The highest BCUT2D eigenvalue weighted by Gasteiger charge is 2.42. The van der Waals surface area contributed by atoms with Crippen LogP contribution in [0, 0.1) is 24.1 Å². The molecule has 0 spiro atoms. The third-order valence-corrected chi connectivity index (χ3v) is 10.4. The van der Waals surface area contributed by atoms with Crippen LogP contribution in [0.3, 0.4) is 0 Å². The summed E-state index contributed by atoms with van der Waals surface area (Å²) in [6.07, 6.45) is -2.14. The number of nitrogens with zero attached hydrogens (tertiary/aromatic N) is 6. The third kappa shape index (κ3) is 3.18. The van der Waals surface area contributed by atoms with E-state index in [1.807, 2.05) is 18.6 Å². The Morgan fingerprint density at radius 2 is 1.96 bits per heavy atom. The zero-order valence-corrected chi connectivity index (χ0v) is 18.3. The second kappa shape index (κ2) is 8.12. The number of aliphatic imine (C=N–C) groups is 1. The lowest BCUT2D eigenvalue weighted by atomic mass is 10.2. The molecular formula is C19H24FN6PS. The molecule has 0 bridgehead atoms. The van der Waals surface area contributed by atoms with Crippen LogP contribution in [0.1, 0.15) is 31.5 Å². The van der Waals surface area contributed by atoms with Crippen molar-refractivity contribution in [1.29, 1.82) is 5.26 Å². The van der Waals surface area contributed by atoms with E-state index in [-0.39, 0.29) is 5.82 Å². The van der Waals surface area contributed by atoms with Gasteiger partial charge in [-0.1, -0.05) is 37.8 Å². The normalized spacial score (nSPS) is 18.8. The number of aryl methyl sites for hydroxylation is 2. The number of rotatable bonds is 6. The minimum Gasteiger partial charge on any atom is -0.316 e. The molecule has 9 heteroatoms. The maximum atomic E-state index is 14.6. The molecular weight excluding hydrogens is 394 g/mol. The first kappa shape index (κ1) is 20.7. The van der Waals surface area contributed by atoms with Gasteiger partial charge in [0.25, 0.3) is 0 Å². The standard InChI is InChI=1S/C19H24FN6PS/c1-5-25(6-2)27(28)17-14(3)23-26(13-9-12-21)19(17)22-18(24(27)4)15-10-7-8-11-16(15)20/h7-8,10-11H,5-6,9,13H2,1-4H3/t27-/m1/s1. The fraction of sp³-hybridized carbons (Fsp3) is 0.421. The summed E-state index contributed by atoms with van der Waals surface area (Å²) in [5.74, 6) is 0.829. The fourth-order valence-corrected chi connectivity index (χ4v) is 8.19. The molecule has 1 aliphatic rings. The third-order valence-electron chi connectivity index (χ3n) is 4.95. The van der Waals surface area contributed by atoms with Crippen molar-refractivity contribution < 1.29 is 4.39 Å². The van der Waals surface area contributed by atoms with Gasteiger partial charge in [-0.05, 0) is 19.1 Å². The first-order valence-electron chi connectivity index (χ1n) is 9.28. The van der Waals surface area contributed by atoms with Crippen molar-refractivity contribution in [1.82, 2.24) is 19.1 Å². The van der Waals surface area contributed by atoms with Gasteiger partial charge >= 0.3 is 0 Å². The van der Waals surface area contributed by atoms with Gasteiger partial charge in [0, 0.05) is 20.1 Å². The van der Waals surface area contributed by atoms with Crippen LogP contribution in [-0.2, 0) is 18.4 Å². The molecule has 148 valence electrons. The molecule has 0 radical (unpaired) electrons. The highest BCUT2D eigenvalue weighted by molar-refractivity contribution is 8.16. The van der Waals surface area contributed by atoms with Crippen molar-refractivity contribution in [2.24, 2.45) is 4.99 Å². The van der Waals surface area contributed by atoms with Gasteiger partial charge in [-0.15, -0.1) is 0 Å². The van der Waals surface area contributed by atoms with Crippen LogP contribution < -0.4 is 5.30 Å². The molecule has 3 rings (SSSR count). The molecule has 1 atom stereocenters.